The molecular weight excluding hydrogens is 420 g/mol. The fourth-order valence-corrected chi connectivity index (χ4v) is 4.12. The van der Waals surface area contributed by atoms with Gasteiger partial charge in [-0.2, -0.15) is 4.98 Å². The molecule has 3 aromatic heterocycles. The summed E-state index contributed by atoms with van der Waals surface area (Å²) in [5.74, 6) is 1.53. The number of nitrogens with two attached hydrogens (primary N) is 1. The Hall–Kier alpha value is -3.22. The molecule has 0 saturated carbocycles. The highest BCUT2D eigenvalue weighted by molar-refractivity contribution is 7.79. The number of pyridine rings is 1. The van der Waals surface area contributed by atoms with Crippen molar-refractivity contribution in [1.29, 1.82) is 0 Å². The molecule has 1 atom stereocenters. The van der Waals surface area contributed by atoms with Crippen LogP contribution in [0.25, 0.3) is 11.3 Å². The van der Waals surface area contributed by atoms with E-state index in [4.69, 9.17) is 20.4 Å². The third-order valence-electron chi connectivity index (χ3n) is 5.27. The summed E-state index contributed by atoms with van der Waals surface area (Å²) in [4.78, 5) is 26.4. The minimum Gasteiger partial charge on any atom is -0.378 e. The standard InChI is InChI=1S/C19H20N8O3S/c20-18-22-8-12(9-23-18)16-15-1-2-27(13-7-14(31(28)29)11-21-10-13)17(15)25-19(24-16)26-3-5-30-6-4-26/h7-11H,1-6H2,(H,28,29)(H2,20,22,23). The Labute approximate surface area is 180 Å². The van der Waals surface area contributed by atoms with E-state index in [1.54, 1.807) is 24.7 Å². The lowest BCUT2D eigenvalue weighted by atomic mass is 10.1. The second kappa shape index (κ2) is 8.13. The van der Waals surface area contributed by atoms with Crippen LogP contribution in [0.15, 0.2) is 35.7 Å². The molecule has 1 saturated heterocycles. The van der Waals surface area contributed by atoms with Crippen molar-refractivity contribution in [3.05, 3.63) is 36.4 Å². The summed E-state index contributed by atoms with van der Waals surface area (Å²) >= 11 is -2.11. The van der Waals surface area contributed by atoms with Gasteiger partial charge in [0, 0.05) is 49.4 Å². The van der Waals surface area contributed by atoms with Gasteiger partial charge in [0.1, 0.15) is 5.82 Å². The molecule has 5 heterocycles. The van der Waals surface area contributed by atoms with E-state index >= 15 is 0 Å². The number of nitrogen functional groups attached to an aromatic ring is 1. The van der Waals surface area contributed by atoms with Crippen molar-refractivity contribution >= 4 is 34.5 Å². The molecule has 5 rings (SSSR count). The van der Waals surface area contributed by atoms with Gasteiger partial charge in [-0.15, -0.1) is 0 Å². The minimum absolute atomic E-state index is 0.198. The lowest BCUT2D eigenvalue weighted by Gasteiger charge is -2.28. The normalized spacial score (nSPS) is 16.9. The first-order valence-electron chi connectivity index (χ1n) is 9.75. The van der Waals surface area contributed by atoms with Crippen LogP contribution in [-0.4, -0.2) is 66.5 Å². The molecule has 12 heteroatoms. The lowest BCUT2D eigenvalue weighted by Crippen LogP contribution is -2.37. The minimum atomic E-state index is -2.11. The summed E-state index contributed by atoms with van der Waals surface area (Å²) in [7, 11) is 0. The number of rotatable bonds is 4. The number of nitrogens with zero attached hydrogens (tertiary/aromatic N) is 7. The first-order chi connectivity index (χ1) is 15.1. The number of aromatic nitrogens is 5. The van der Waals surface area contributed by atoms with Crippen molar-refractivity contribution in [3.8, 4) is 11.3 Å². The van der Waals surface area contributed by atoms with Gasteiger partial charge in [-0.05, 0) is 12.5 Å². The Morgan fingerprint density at radius 1 is 1.06 bits per heavy atom. The van der Waals surface area contributed by atoms with Crippen molar-refractivity contribution in [2.45, 2.75) is 11.3 Å². The number of ether oxygens (including phenoxy) is 1. The third-order valence-corrected chi connectivity index (χ3v) is 5.89. The first-order valence-corrected chi connectivity index (χ1v) is 10.9. The third kappa shape index (κ3) is 3.80. The van der Waals surface area contributed by atoms with Gasteiger partial charge in [0.05, 0.1) is 35.7 Å². The zero-order valence-electron chi connectivity index (χ0n) is 16.5. The van der Waals surface area contributed by atoms with Gasteiger partial charge >= 0.3 is 0 Å². The summed E-state index contributed by atoms with van der Waals surface area (Å²) in [6.07, 6.45) is 7.06. The maximum absolute atomic E-state index is 11.5. The Morgan fingerprint density at radius 2 is 1.84 bits per heavy atom. The molecule has 3 aromatic rings. The van der Waals surface area contributed by atoms with E-state index in [2.05, 4.69) is 19.9 Å². The molecule has 0 aromatic carbocycles. The van der Waals surface area contributed by atoms with Crippen LogP contribution in [0.4, 0.5) is 23.4 Å². The van der Waals surface area contributed by atoms with Gasteiger partial charge < -0.3 is 24.8 Å². The van der Waals surface area contributed by atoms with Crippen molar-refractivity contribution < 1.29 is 13.5 Å². The number of morpholine rings is 1. The molecule has 2 aliphatic rings. The molecule has 160 valence electrons. The van der Waals surface area contributed by atoms with E-state index < -0.39 is 11.1 Å². The SMILES string of the molecule is Nc1ncc(-c2nc(N3CCOCC3)nc3c2CCN3c2cncc(S(=O)O)c2)cn1. The zero-order chi connectivity index (χ0) is 21.4. The molecule has 31 heavy (non-hydrogen) atoms. The van der Waals surface area contributed by atoms with E-state index in [-0.39, 0.29) is 10.8 Å². The van der Waals surface area contributed by atoms with E-state index in [1.807, 2.05) is 4.90 Å². The van der Waals surface area contributed by atoms with Gasteiger partial charge in [-0.1, -0.05) is 0 Å². The topological polar surface area (TPSA) is 143 Å². The average molecular weight is 440 g/mol. The summed E-state index contributed by atoms with van der Waals surface area (Å²) in [6, 6.07) is 1.65. The monoisotopic (exact) mass is 440 g/mol. The highest BCUT2D eigenvalue weighted by atomic mass is 32.2. The smallest absolute Gasteiger partial charge is 0.228 e. The van der Waals surface area contributed by atoms with E-state index in [9.17, 15) is 8.76 Å². The van der Waals surface area contributed by atoms with Crippen molar-refractivity contribution in [2.24, 2.45) is 0 Å². The average Bonchev–Trinajstić information content (AvgIpc) is 3.24. The Kier molecular flexibility index (Phi) is 5.18. The Morgan fingerprint density at radius 3 is 2.58 bits per heavy atom. The number of anilines is 4. The van der Waals surface area contributed by atoms with Gasteiger partial charge in [-0.25, -0.2) is 19.2 Å². The quantitative estimate of drug-likeness (QED) is 0.561. The van der Waals surface area contributed by atoms with Crippen molar-refractivity contribution in [1.82, 2.24) is 24.9 Å². The second-order valence-electron chi connectivity index (χ2n) is 7.13. The second-order valence-corrected chi connectivity index (χ2v) is 8.10. The molecule has 1 fully saturated rings. The molecule has 0 spiro atoms. The van der Waals surface area contributed by atoms with E-state index in [0.717, 1.165) is 22.6 Å². The predicted octanol–water partition coefficient (Wildman–Crippen LogP) is 1.02. The summed E-state index contributed by atoms with van der Waals surface area (Å²) in [5.41, 5.74) is 8.83. The molecule has 0 amide bonds. The fraction of sp³-hybridized carbons (Fsp3) is 0.316. The molecule has 0 radical (unpaired) electrons. The van der Waals surface area contributed by atoms with Crippen molar-refractivity contribution in [2.75, 3.05) is 48.4 Å². The van der Waals surface area contributed by atoms with Gasteiger partial charge in [0.2, 0.25) is 11.9 Å². The maximum Gasteiger partial charge on any atom is 0.228 e. The number of fused-ring (bicyclic) bond motifs is 1. The van der Waals surface area contributed by atoms with Crippen LogP contribution < -0.4 is 15.5 Å². The molecular formula is C19H20N8O3S. The maximum atomic E-state index is 11.5. The lowest BCUT2D eigenvalue weighted by molar-refractivity contribution is 0.122. The van der Waals surface area contributed by atoms with Crippen LogP contribution in [0.3, 0.4) is 0 Å². The predicted molar refractivity (Wildman–Crippen MR) is 114 cm³/mol. The molecule has 0 aliphatic carbocycles. The van der Waals surface area contributed by atoms with Gasteiger partial charge in [-0.3, -0.25) is 4.98 Å². The van der Waals surface area contributed by atoms with Crippen LogP contribution >= 0.6 is 0 Å². The van der Waals surface area contributed by atoms with Gasteiger partial charge in [0.25, 0.3) is 0 Å². The molecule has 2 aliphatic heterocycles. The molecule has 1 unspecified atom stereocenters. The largest absolute Gasteiger partial charge is 0.378 e. The molecule has 3 N–H and O–H groups in total. The van der Waals surface area contributed by atoms with Crippen LogP contribution in [-0.2, 0) is 22.2 Å². The highest BCUT2D eigenvalue weighted by Gasteiger charge is 2.29. The number of hydrogen-bond acceptors (Lipinski definition) is 10. The van der Waals surface area contributed by atoms with E-state index in [0.29, 0.717) is 50.9 Å². The van der Waals surface area contributed by atoms with Crippen LogP contribution in [0, 0.1) is 0 Å². The summed E-state index contributed by atoms with van der Waals surface area (Å²) in [6.45, 7) is 3.24. The summed E-state index contributed by atoms with van der Waals surface area (Å²) in [5, 5.41) is 0. The van der Waals surface area contributed by atoms with Crippen molar-refractivity contribution in [3.63, 3.8) is 0 Å². The first kappa shape index (κ1) is 19.7. The fourth-order valence-electron chi connectivity index (χ4n) is 3.75. The van der Waals surface area contributed by atoms with E-state index in [1.165, 1.54) is 6.20 Å². The Balaban J connectivity index is 1.63. The van der Waals surface area contributed by atoms with Crippen LogP contribution in [0.1, 0.15) is 5.56 Å². The van der Waals surface area contributed by atoms with Crippen LogP contribution in [0.5, 0.6) is 0 Å². The van der Waals surface area contributed by atoms with Gasteiger partial charge in [0.15, 0.2) is 11.1 Å². The molecule has 0 bridgehead atoms. The number of hydrogen-bond donors (Lipinski definition) is 2. The van der Waals surface area contributed by atoms with Crippen LogP contribution in [0.2, 0.25) is 0 Å². The summed E-state index contributed by atoms with van der Waals surface area (Å²) < 4.78 is 26.5. The Bertz CT molecular complexity index is 1140. The molecule has 11 nitrogen and oxygen atoms in total. The zero-order valence-corrected chi connectivity index (χ0v) is 17.3. The highest BCUT2D eigenvalue weighted by Crippen LogP contribution is 2.39.